The predicted octanol–water partition coefficient (Wildman–Crippen LogP) is 3.96. The van der Waals surface area contributed by atoms with E-state index in [0.29, 0.717) is 5.69 Å². The van der Waals surface area contributed by atoms with Gasteiger partial charge in [-0.2, -0.15) is 10.2 Å². The van der Waals surface area contributed by atoms with Crippen LogP contribution in [0.4, 0.5) is 5.82 Å². The van der Waals surface area contributed by atoms with Crippen molar-refractivity contribution in [1.29, 1.82) is 0 Å². The van der Waals surface area contributed by atoms with Crippen LogP contribution in [-0.4, -0.2) is 30.9 Å². The molecule has 0 aliphatic rings. The molecule has 2 N–H and O–H groups in total. The van der Waals surface area contributed by atoms with Gasteiger partial charge in [0.05, 0.1) is 24.3 Å². The number of aryl methyl sites for hydroxylation is 1. The molecule has 154 valence electrons. The molecule has 0 saturated carbocycles. The second-order valence-electron chi connectivity index (χ2n) is 7.20. The van der Waals surface area contributed by atoms with Crippen LogP contribution < -0.4 is 5.73 Å². The van der Waals surface area contributed by atoms with Crippen LogP contribution in [0.1, 0.15) is 35.0 Å². The minimum atomic E-state index is -0.217. The Hall–Kier alpha value is -4.00. The maximum absolute atomic E-state index is 13.1. The van der Waals surface area contributed by atoms with Crippen molar-refractivity contribution in [2.24, 2.45) is 0 Å². The molecule has 1 aromatic carbocycles. The number of rotatable bonds is 7. The molecule has 0 amide bonds. The van der Waals surface area contributed by atoms with E-state index >= 15 is 0 Å². The summed E-state index contributed by atoms with van der Waals surface area (Å²) in [7, 11) is 0. The van der Waals surface area contributed by atoms with E-state index in [9.17, 15) is 4.79 Å². The lowest BCUT2D eigenvalue weighted by atomic mass is 9.99. The molecule has 0 aliphatic heterocycles. The smallest absolute Gasteiger partial charge is 0.189 e. The van der Waals surface area contributed by atoms with Crippen molar-refractivity contribution in [2.45, 2.75) is 26.2 Å². The minimum Gasteiger partial charge on any atom is -0.382 e. The Morgan fingerprint density at radius 3 is 2.52 bits per heavy atom. The van der Waals surface area contributed by atoms with Gasteiger partial charge in [0.1, 0.15) is 5.69 Å². The van der Waals surface area contributed by atoms with Crippen LogP contribution in [0.25, 0.3) is 22.4 Å². The van der Waals surface area contributed by atoms with Crippen molar-refractivity contribution in [2.75, 3.05) is 5.73 Å². The molecular weight excluding hydrogens is 388 g/mol. The van der Waals surface area contributed by atoms with E-state index in [2.05, 4.69) is 44.2 Å². The first-order chi connectivity index (χ1) is 15.2. The SMILES string of the molecule is CCCc1ccc(-c2cnc(N)c(C(=O)Cc3cnccc3-c3ccnnc3)n2)cc1. The lowest BCUT2D eigenvalue weighted by molar-refractivity contribution is 0.0989. The summed E-state index contributed by atoms with van der Waals surface area (Å²) in [5.74, 6) is -0.0990. The molecule has 0 radical (unpaired) electrons. The Morgan fingerprint density at radius 2 is 1.77 bits per heavy atom. The van der Waals surface area contributed by atoms with Crippen LogP contribution in [0, 0.1) is 0 Å². The van der Waals surface area contributed by atoms with Gasteiger partial charge in [-0.3, -0.25) is 9.78 Å². The molecule has 7 heteroatoms. The molecule has 0 unspecified atom stereocenters. The highest BCUT2D eigenvalue weighted by atomic mass is 16.1. The number of hydrogen-bond donors (Lipinski definition) is 1. The third-order valence-corrected chi connectivity index (χ3v) is 5.00. The summed E-state index contributed by atoms with van der Waals surface area (Å²) in [5, 5.41) is 7.73. The summed E-state index contributed by atoms with van der Waals surface area (Å²) in [6.07, 6.45) is 10.4. The van der Waals surface area contributed by atoms with Crippen molar-refractivity contribution in [1.82, 2.24) is 25.1 Å². The number of hydrogen-bond acceptors (Lipinski definition) is 7. The first kappa shape index (κ1) is 20.3. The number of carbonyl (C=O) groups excluding carboxylic acids is 1. The molecular formula is C24H22N6O. The zero-order valence-corrected chi connectivity index (χ0v) is 17.2. The summed E-state index contributed by atoms with van der Waals surface area (Å²) in [6.45, 7) is 2.15. The summed E-state index contributed by atoms with van der Waals surface area (Å²) < 4.78 is 0. The van der Waals surface area contributed by atoms with Gasteiger partial charge in [-0.25, -0.2) is 9.97 Å². The van der Waals surface area contributed by atoms with Gasteiger partial charge in [0, 0.05) is 29.9 Å². The quantitative estimate of drug-likeness (QED) is 0.460. The summed E-state index contributed by atoms with van der Waals surface area (Å²) in [4.78, 5) is 26.0. The zero-order chi connectivity index (χ0) is 21.6. The molecule has 7 nitrogen and oxygen atoms in total. The monoisotopic (exact) mass is 410 g/mol. The van der Waals surface area contributed by atoms with Crippen LogP contribution in [-0.2, 0) is 12.8 Å². The van der Waals surface area contributed by atoms with Crippen molar-refractivity contribution in [3.05, 3.63) is 84.2 Å². The molecule has 0 fully saturated rings. The van der Waals surface area contributed by atoms with Crippen LogP contribution >= 0.6 is 0 Å². The highest BCUT2D eigenvalue weighted by Gasteiger charge is 2.18. The van der Waals surface area contributed by atoms with Gasteiger partial charge in [0.15, 0.2) is 11.6 Å². The van der Waals surface area contributed by atoms with E-state index < -0.39 is 0 Å². The topological polar surface area (TPSA) is 108 Å². The van der Waals surface area contributed by atoms with Crippen LogP contribution in [0.15, 0.2) is 67.4 Å². The van der Waals surface area contributed by atoms with Crippen molar-refractivity contribution < 1.29 is 4.79 Å². The lowest BCUT2D eigenvalue weighted by Gasteiger charge is -2.10. The Labute approximate surface area is 180 Å². The van der Waals surface area contributed by atoms with E-state index in [1.807, 2.05) is 24.3 Å². The van der Waals surface area contributed by atoms with Crippen molar-refractivity contribution in [3.63, 3.8) is 0 Å². The molecule has 0 saturated heterocycles. The van der Waals surface area contributed by atoms with Crippen LogP contribution in [0.5, 0.6) is 0 Å². The highest BCUT2D eigenvalue weighted by Crippen LogP contribution is 2.24. The van der Waals surface area contributed by atoms with Gasteiger partial charge in [-0.15, -0.1) is 0 Å². The second-order valence-corrected chi connectivity index (χ2v) is 7.20. The van der Waals surface area contributed by atoms with E-state index in [4.69, 9.17) is 5.73 Å². The summed E-state index contributed by atoms with van der Waals surface area (Å²) >= 11 is 0. The minimum absolute atomic E-state index is 0.100. The van der Waals surface area contributed by atoms with Gasteiger partial charge < -0.3 is 5.73 Å². The molecule has 4 rings (SSSR count). The van der Waals surface area contributed by atoms with Gasteiger partial charge in [-0.05, 0) is 35.2 Å². The Bertz CT molecular complexity index is 1190. The average Bonchev–Trinajstić information content (AvgIpc) is 2.81. The maximum Gasteiger partial charge on any atom is 0.189 e. The number of benzene rings is 1. The first-order valence-corrected chi connectivity index (χ1v) is 10.1. The molecule has 31 heavy (non-hydrogen) atoms. The second kappa shape index (κ2) is 9.21. The van der Waals surface area contributed by atoms with Gasteiger partial charge in [0.25, 0.3) is 0 Å². The molecule has 0 atom stereocenters. The Morgan fingerprint density at radius 1 is 0.935 bits per heavy atom. The molecule has 0 aliphatic carbocycles. The Balaban J connectivity index is 1.62. The van der Waals surface area contributed by atoms with E-state index in [1.165, 1.54) is 5.56 Å². The lowest BCUT2D eigenvalue weighted by Crippen LogP contribution is -2.12. The fourth-order valence-corrected chi connectivity index (χ4v) is 3.43. The third-order valence-electron chi connectivity index (χ3n) is 5.00. The number of pyridine rings is 1. The number of ketones is 1. The number of carbonyl (C=O) groups is 1. The van der Waals surface area contributed by atoms with Gasteiger partial charge >= 0.3 is 0 Å². The highest BCUT2D eigenvalue weighted by molar-refractivity contribution is 6.00. The van der Waals surface area contributed by atoms with E-state index in [0.717, 1.165) is 35.1 Å². The largest absolute Gasteiger partial charge is 0.382 e. The first-order valence-electron chi connectivity index (χ1n) is 10.1. The standard InChI is InChI=1S/C24H22N6O/c1-2-3-16-4-6-17(7-5-16)21-15-27-24(25)23(30-21)22(31)12-19-13-26-10-9-20(19)18-8-11-28-29-14-18/h4-11,13-15H,2-3,12H2,1H3,(H2,25,27). The van der Waals surface area contributed by atoms with Crippen molar-refractivity contribution >= 4 is 11.6 Å². The molecule has 0 bridgehead atoms. The fraction of sp³-hybridized carbons (Fsp3) is 0.167. The Kier molecular flexibility index (Phi) is 6.03. The number of Topliss-reactive ketones (excluding diaryl/α,β-unsaturated/α-hetero) is 1. The fourth-order valence-electron chi connectivity index (χ4n) is 3.43. The van der Waals surface area contributed by atoms with Gasteiger partial charge in [0.2, 0.25) is 0 Å². The number of nitrogens with zero attached hydrogens (tertiary/aromatic N) is 5. The van der Waals surface area contributed by atoms with Crippen LogP contribution in [0.3, 0.4) is 0 Å². The van der Waals surface area contributed by atoms with E-state index in [-0.39, 0.29) is 23.7 Å². The van der Waals surface area contributed by atoms with Crippen molar-refractivity contribution in [3.8, 4) is 22.4 Å². The molecule has 3 aromatic heterocycles. The third kappa shape index (κ3) is 4.61. The van der Waals surface area contributed by atoms with Gasteiger partial charge in [-0.1, -0.05) is 37.6 Å². The predicted molar refractivity (Wildman–Crippen MR) is 119 cm³/mol. The maximum atomic E-state index is 13.1. The zero-order valence-electron chi connectivity index (χ0n) is 17.2. The number of aromatic nitrogens is 5. The summed E-state index contributed by atoms with van der Waals surface area (Å²) in [5.41, 5.74) is 11.4. The molecule has 3 heterocycles. The normalized spacial score (nSPS) is 10.7. The molecule has 4 aromatic rings. The molecule has 0 spiro atoms. The summed E-state index contributed by atoms with van der Waals surface area (Å²) in [6, 6.07) is 11.8. The number of anilines is 1. The number of nitrogens with two attached hydrogens (primary N) is 1. The average molecular weight is 410 g/mol. The van der Waals surface area contributed by atoms with Crippen LogP contribution in [0.2, 0.25) is 0 Å². The van der Waals surface area contributed by atoms with E-state index in [1.54, 1.807) is 31.0 Å². The number of nitrogen functional groups attached to an aromatic ring is 1.